The van der Waals surface area contributed by atoms with E-state index in [1.807, 2.05) is 95.9 Å². The van der Waals surface area contributed by atoms with Crippen LogP contribution in [0.3, 0.4) is 0 Å². The average molecular weight is 421 g/mol. The lowest BCUT2D eigenvalue weighted by Gasteiger charge is -2.41. The fourth-order valence-corrected chi connectivity index (χ4v) is 4.78. The maximum Gasteiger partial charge on any atom is 0.161 e. The molecule has 3 aromatic carbocycles. The molecule has 4 nitrogen and oxygen atoms in total. The van der Waals surface area contributed by atoms with Crippen LogP contribution in [0.2, 0.25) is 0 Å². The monoisotopic (exact) mass is 420 g/mol. The second-order valence-electron chi connectivity index (χ2n) is 8.13. The number of allylic oxidation sites excluding steroid dienone is 2. The molecule has 2 aliphatic rings. The van der Waals surface area contributed by atoms with Crippen molar-refractivity contribution < 1.29 is 9.90 Å². The standard InChI is InChI=1S/C28H24N2O2/c29-28-26(27(32)20-13-6-2-7-14-20)24(19-11-4-1-5-12-19)25-22(17-10-18-23(25)31)30(28)21-15-8-3-9-16-21/h1-9,11-16,24,29,32H,10,17-18H2. The highest BCUT2D eigenvalue weighted by atomic mass is 16.3. The molecule has 1 atom stereocenters. The van der Waals surface area contributed by atoms with E-state index in [1.165, 1.54) is 0 Å². The normalized spacial score (nSPS) is 20.2. The Balaban J connectivity index is 1.83. The fraction of sp³-hybridized carbons (Fsp3) is 0.143. The minimum atomic E-state index is -0.480. The molecule has 0 radical (unpaired) electrons. The van der Waals surface area contributed by atoms with E-state index in [0.29, 0.717) is 23.1 Å². The zero-order chi connectivity index (χ0) is 22.1. The summed E-state index contributed by atoms with van der Waals surface area (Å²) in [5, 5.41) is 20.7. The summed E-state index contributed by atoms with van der Waals surface area (Å²) < 4.78 is 0. The summed E-state index contributed by atoms with van der Waals surface area (Å²) >= 11 is 0. The predicted molar refractivity (Wildman–Crippen MR) is 128 cm³/mol. The van der Waals surface area contributed by atoms with Gasteiger partial charge in [0.2, 0.25) is 0 Å². The van der Waals surface area contributed by atoms with E-state index < -0.39 is 5.92 Å². The summed E-state index contributed by atoms with van der Waals surface area (Å²) in [6, 6.07) is 28.7. The summed E-state index contributed by atoms with van der Waals surface area (Å²) in [7, 11) is 0. The molecule has 0 saturated heterocycles. The van der Waals surface area contributed by atoms with E-state index in [1.54, 1.807) is 0 Å². The zero-order valence-corrected chi connectivity index (χ0v) is 17.7. The zero-order valence-electron chi connectivity index (χ0n) is 17.7. The number of benzene rings is 3. The molecule has 1 heterocycles. The van der Waals surface area contributed by atoms with Crippen LogP contribution < -0.4 is 4.90 Å². The summed E-state index contributed by atoms with van der Waals surface area (Å²) in [5.41, 5.74) is 4.39. The lowest BCUT2D eigenvalue weighted by Crippen LogP contribution is -2.42. The average Bonchev–Trinajstić information content (AvgIpc) is 2.85. The molecular formula is C28H24N2O2. The first-order valence-electron chi connectivity index (χ1n) is 10.9. The van der Waals surface area contributed by atoms with Crippen molar-refractivity contribution in [3.8, 4) is 0 Å². The summed E-state index contributed by atoms with van der Waals surface area (Å²) in [5.74, 6) is -0.145. The van der Waals surface area contributed by atoms with Gasteiger partial charge >= 0.3 is 0 Å². The van der Waals surface area contributed by atoms with E-state index in [2.05, 4.69) is 0 Å². The number of aliphatic hydroxyl groups is 1. The third kappa shape index (κ3) is 3.34. The number of para-hydroxylation sites is 1. The second-order valence-corrected chi connectivity index (χ2v) is 8.13. The topological polar surface area (TPSA) is 64.4 Å². The van der Waals surface area contributed by atoms with Crippen LogP contribution in [0.25, 0.3) is 5.76 Å². The van der Waals surface area contributed by atoms with Gasteiger partial charge in [0.05, 0.1) is 0 Å². The third-order valence-corrected chi connectivity index (χ3v) is 6.20. The van der Waals surface area contributed by atoms with Crippen LogP contribution in [0.4, 0.5) is 5.69 Å². The minimum Gasteiger partial charge on any atom is -0.507 e. The number of amidine groups is 1. The van der Waals surface area contributed by atoms with Crippen molar-refractivity contribution in [2.24, 2.45) is 0 Å². The van der Waals surface area contributed by atoms with Crippen LogP contribution in [0.5, 0.6) is 0 Å². The molecule has 1 unspecified atom stereocenters. The van der Waals surface area contributed by atoms with Gasteiger partial charge in [-0.05, 0) is 30.5 Å². The minimum absolute atomic E-state index is 0.0373. The molecule has 0 fully saturated rings. The molecule has 4 heteroatoms. The van der Waals surface area contributed by atoms with Gasteiger partial charge in [-0.1, -0.05) is 78.9 Å². The highest BCUT2D eigenvalue weighted by Crippen LogP contribution is 2.47. The molecule has 5 rings (SSSR count). The highest BCUT2D eigenvalue weighted by Gasteiger charge is 2.43. The molecule has 0 aromatic heterocycles. The van der Waals surface area contributed by atoms with Gasteiger partial charge in [-0.25, -0.2) is 0 Å². The number of hydrogen-bond donors (Lipinski definition) is 2. The molecule has 3 aromatic rings. The van der Waals surface area contributed by atoms with Crippen molar-refractivity contribution in [2.75, 3.05) is 4.90 Å². The molecule has 1 aliphatic heterocycles. The van der Waals surface area contributed by atoms with Crippen molar-refractivity contribution in [1.82, 2.24) is 0 Å². The number of Topliss-reactive ketones (excluding diaryl/α,β-unsaturated/α-hetero) is 1. The molecule has 0 spiro atoms. The van der Waals surface area contributed by atoms with Crippen LogP contribution in [-0.4, -0.2) is 16.7 Å². The van der Waals surface area contributed by atoms with Crippen LogP contribution in [0, 0.1) is 5.41 Å². The Bertz CT molecular complexity index is 1230. The number of nitrogens with zero attached hydrogens (tertiary/aromatic N) is 1. The SMILES string of the molecule is N=C1C(=C(O)c2ccccc2)C(c2ccccc2)C2=C(CCCC2=O)N1c1ccccc1. The Morgan fingerprint density at radius 1 is 0.844 bits per heavy atom. The van der Waals surface area contributed by atoms with Crippen LogP contribution in [0.1, 0.15) is 36.3 Å². The number of anilines is 1. The summed E-state index contributed by atoms with van der Waals surface area (Å²) in [4.78, 5) is 15.2. The number of carbonyl (C=O) groups excluding carboxylic acids is 1. The van der Waals surface area contributed by atoms with Crippen LogP contribution in [-0.2, 0) is 4.79 Å². The van der Waals surface area contributed by atoms with E-state index in [-0.39, 0.29) is 17.4 Å². The van der Waals surface area contributed by atoms with Crippen LogP contribution >= 0.6 is 0 Å². The Morgan fingerprint density at radius 3 is 2.09 bits per heavy atom. The first-order chi connectivity index (χ1) is 15.7. The van der Waals surface area contributed by atoms with E-state index >= 15 is 0 Å². The number of hydrogen-bond acceptors (Lipinski definition) is 3. The summed E-state index contributed by atoms with van der Waals surface area (Å²) in [6.45, 7) is 0. The van der Waals surface area contributed by atoms with Crippen molar-refractivity contribution in [3.05, 3.63) is 119 Å². The number of aliphatic hydroxyl groups excluding tert-OH is 1. The van der Waals surface area contributed by atoms with Crippen LogP contribution in [0.15, 0.2) is 108 Å². The first-order valence-corrected chi connectivity index (χ1v) is 10.9. The number of rotatable bonds is 3. The summed E-state index contributed by atoms with van der Waals surface area (Å²) in [6.07, 6.45) is 1.97. The number of ketones is 1. The molecule has 158 valence electrons. The molecular weight excluding hydrogens is 396 g/mol. The van der Waals surface area contributed by atoms with Gasteiger partial charge in [-0.2, -0.15) is 0 Å². The van der Waals surface area contributed by atoms with Gasteiger partial charge in [0.1, 0.15) is 11.6 Å². The quantitative estimate of drug-likeness (QED) is 0.493. The molecule has 1 aliphatic carbocycles. The third-order valence-electron chi connectivity index (χ3n) is 6.20. The molecule has 0 saturated carbocycles. The van der Waals surface area contributed by atoms with E-state index in [9.17, 15) is 15.3 Å². The molecule has 2 N–H and O–H groups in total. The van der Waals surface area contributed by atoms with E-state index in [0.717, 1.165) is 29.8 Å². The van der Waals surface area contributed by atoms with Gasteiger partial charge in [0.15, 0.2) is 5.78 Å². The maximum atomic E-state index is 13.3. The Labute approximate surface area is 187 Å². The van der Waals surface area contributed by atoms with Crippen molar-refractivity contribution in [3.63, 3.8) is 0 Å². The van der Waals surface area contributed by atoms with E-state index in [4.69, 9.17) is 0 Å². The maximum absolute atomic E-state index is 13.3. The van der Waals surface area contributed by atoms with Crippen molar-refractivity contribution in [1.29, 1.82) is 5.41 Å². The number of nitrogens with one attached hydrogen (secondary N) is 1. The lowest BCUT2D eigenvalue weighted by atomic mass is 9.73. The fourth-order valence-electron chi connectivity index (χ4n) is 4.78. The second kappa shape index (κ2) is 8.31. The Morgan fingerprint density at radius 2 is 1.44 bits per heavy atom. The first kappa shape index (κ1) is 20.0. The van der Waals surface area contributed by atoms with Gasteiger partial charge in [-0.3, -0.25) is 15.1 Å². The van der Waals surface area contributed by atoms with Crippen molar-refractivity contribution in [2.45, 2.75) is 25.2 Å². The molecule has 0 amide bonds. The van der Waals surface area contributed by atoms with Gasteiger partial charge in [-0.15, -0.1) is 0 Å². The van der Waals surface area contributed by atoms with Crippen molar-refractivity contribution >= 4 is 23.1 Å². The molecule has 32 heavy (non-hydrogen) atoms. The smallest absolute Gasteiger partial charge is 0.161 e. The van der Waals surface area contributed by atoms with Gasteiger partial charge < -0.3 is 5.11 Å². The Hall–Kier alpha value is -3.92. The van der Waals surface area contributed by atoms with Gasteiger partial charge in [0.25, 0.3) is 0 Å². The highest BCUT2D eigenvalue weighted by molar-refractivity contribution is 6.19. The largest absolute Gasteiger partial charge is 0.507 e. The predicted octanol–water partition coefficient (Wildman–Crippen LogP) is 6.24. The molecule has 0 bridgehead atoms. The Kier molecular flexibility index (Phi) is 5.20. The lowest BCUT2D eigenvalue weighted by molar-refractivity contribution is -0.116. The number of carbonyl (C=O) groups is 1. The van der Waals surface area contributed by atoms with Gasteiger partial charge in [0, 0.05) is 40.4 Å².